The molecule has 0 fully saturated rings. The van der Waals surface area contributed by atoms with Gasteiger partial charge in [-0.3, -0.25) is 0 Å². The largest absolute Gasteiger partial charge is 0.490 e. The van der Waals surface area contributed by atoms with Crippen molar-refractivity contribution in [3.8, 4) is 28.6 Å². The molecule has 3 aromatic rings. The van der Waals surface area contributed by atoms with Crippen LogP contribution in [0.15, 0.2) is 53.1 Å². The average Bonchev–Trinajstić information content (AvgIpc) is 3.36. The second-order valence-electron chi connectivity index (χ2n) is 7.55. The molecule has 2 aliphatic rings. The number of esters is 1. The van der Waals surface area contributed by atoms with Crippen molar-refractivity contribution in [1.82, 2.24) is 5.16 Å². The van der Waals surface area contributed by atoms with Crippen LogP contribution in [0.25, 0.3) is 11.3 Å². The molecule has 0 aliphatic carbocycles. The van der Waals surface area contributed by atoms with E-state index in [2.05, 4.69) is 5.16 Å². The number of benzene rings is 2. The fraction of sp³-hybridized carbons (Fsp3) is 0.304. The minimum atomic E-state index is -0.845. The van der Waals surface area contributed by atoms with Crippen molar-refractivity contribution in [1.29, 1.82) is 0 Å². The van der Waals surface area contributed by atoms with Crippen LogP contribution < -0.4 is 14.2 Å². The van der Waals surface area contributed by atoms with Crippen molar-refractivity contribution in [2.45, 2.75) is 45.2 Å². The van der Waals surface area contributed by atoms with E-state index in [1.807, 2.05) is 37.3 Å². The predicted molar refractivity (Wildman–Crippen MR) is 106 cm³/mol. The summed E-state index contributed by atoms with van der Waals surface area (Å²) in [7, 11) is 0. The van der Waals surface area contributed by atoms with Crippen molar-refractivity contribution >= 4 is 5.97 Å². The van der Waals surface area contributed by atoms with E-state index in [9.17, 15) is 4.79 Å². The van der Waals surface area contributed by atoms with E-state index >= 15 is 0 Å². The number of ether oxygens (including phenoxy) is 4. The van der Waals surface area contributed by atoms with Gasteiger partial charge in [0, 0.05) is 18.1 Å². The Morgan fingerprint density at radius 2 is 1.83 bits per heavy atom. The van der Waals surface area contributed by atoms with Crippen LogP contribution in [0.4, 0.5) is 0 Å². The Kier molecular flexibility index (Phi) is 4.58. The van der Waals surface area contributed by atoms with Gasteiger partial charge in [-0.2, -0.15) is 0 Å². The molecule has 0 saturated carbocycles. The molecule has 5 rings (SSSR count). The van der Waals surface area contributed by atoms with E-state index in [1.165, 1.54) is 5.56 Å². The number of rotatable bonds is 4. The third kappa shape index (κ3) is 3.47. The van der Waals surface area contributed by atoms with Gasteiger partial charge in [0.15, 0.2) is 17.3 Å². The van der Waals surface area contributed by atoms with Crippen molar-refractivity contribution in [2.24, 2.45) is 0 Å². The normalized spacial score (nSPS) is 21.6. The molecule has 30 heavy (non-hydrogen) atoms. The van der Waals surface area contributed by atoms with Gasteiger partial charge in [-0.05, 0) is 37.6 Å². The molecule has 0 N–H and O–H groups in total. The standard InChI is InChI=1S/C23H21NO6/c1-13-9-15-7-8-16(10-20(15)27-13)21-11-17(24-30-21)12-26-23(25)22-14(2)28-18-5-3-4-6-19(18)29-22/h3-8,10-11,13-14,22H,9,12H2,1-2H3. The summed E-state index contributed by atoms with van der Waals surface area (Å²) in [5.74, 6) is 2.08. The van der Waals surface area contributed by atoms with Crippen molar-refractivity contribution in [3.63, 3.8) is 0 Å². The van der Waals surface area contributed by atoms with Gasteiger partial charge in [0.25, 0.3) is 0 Å². The van der Waals surface area contributed by atoms with Crippen LogP contribution >= 0.6 is 0 Å². The summed E-state index contributed by atoms with van der Waals surface area (Å²) in [6.45, 7) is 3.79. The van der Waals surface area contributed by atoms with Crippen LogP contribution in [-0.2, 0) is 22.6 Å². The van der Waals surface area contributed by atoms with Crippen molar-refractivity contribution in [3.05, 3.63) is 59.8 Å². The number of para-hydroxylation sites is 2. The Balaban J connectivity index is 1.23. The molecule has 7 heteroatoms. The summed E-state index contributed by atoms with van der Waals surface area (Å²) in [4.78, 5) is 12.5. The highest BCUT2D eigenvalue weighted by atomic mass is 16.6. The van der Waals surface area contributed by atoms with Gasteiger partial charge in [0.2, 0.25) is 6.10 Å². The van der Waals surface area contributed by atoms with Gasteiger partial charge < -0.3 is 23.5 Å². The number of carbonyl (C=O) groups is 1. The third-order valence-electron chi connectivity index (χ3n) is 5.18. The predicted octanol–water partition coefficient (Wildman–Crippen LogP) is 3.94. The monoisotopic (exact) mass is 407 g/mol. The Bertz CT molecular complexity index is 1090. The summed E-state index contributed by atoms with van der Waals surface area (Å²) in [6, 6.07) is 14.9. The molecule has 2 aliphatic heterocycles. The minimum Gasteiger partial charge on any atom is -0.490 e. The van der Waals surface area contributed by atoms with E-state index < -0.39 is 18.2 Å². The molecule has 0 spiro atoms. The lowest BCUT2D eigenvalue weighted by Gasteiger charge is -2.30. The Morgan fingerprint density at radius 3 is 2.67 bits per heavy atom. The molecule has 0 bridgehead atoms. The topological polar surface area (TPSA) is 80.0 Å². The first-order valence-electron chi connectivity index (χ1n) is 9.91. The quantitative estimate of drug-likeness (QED) is 0.606. The Labute approximate surface area is 173 Å². The van der Waals surface area contributed by atoms with Crippen molar-refractivity contribution < 1.29 is 28.3 Å². The second kappa shape index (κ2) is 7.40. The van der Waals surface area contributed by atoms with Crippen molar-refractivity contribution in [2.75, 3.05) is 0 Å². The van der Waals surface area contributed by atoms with Gasteiger partial charge in [0.05, 0.1) is 0 Å². The third-order valence-corrected chi connectivity index (χ3v) is 5.18. The lowest BCUT2D eigenvalue weighted by atomic mass is 10.1. The number of fused-ring (bicyclic) bond motifs is 2. The first kappa shape index (κ1) is 18.5. The zero-order valence-corrected chi connectivity index (χ0v) is 16.7. The molecule has 3 unspecified atom stereocenters. The maximum Gasteiger partial charge on any atom is 0.351 e. The molecule has 2 aromatic carbocycles. The SMILES string of the molecule is CC1Cc2ccc(-c3cc(COC(=O)C4Oc5ccccc5OC4C)no3)cc2O1. The van der Waals surface area contributed by atoms with Gasteiger partial charge in [0.1, 0.15) is 30.3 Å². The zero-order valence-electron chi connectivity index (χ0n) is 16.7. The van der Waals surface area contributed by atoms with Crippen LogP contribution in [0, 0.1) is 0 Å². The number of carbonyl (C=O) groups excluding carboxylic acids is 1. The highest BCUT2D eigenvalue weighted by Gasteiger charge is 2.35. The smallest absolute Gasteiger partial charge is 0.351 e. The van der Waals surface area contributed by atoms with E-state index in [0.29, 0.717) is 23.0 Å². The number of hydrogen-bond acceptors (Lipinski definition) is 7. The van der Waals surface area contributed by atoms with E-state index in [1.54, 1.807) is 25.1 Å². The molecule has 3 heterocycles. The maximum absolute atomic E-state index is 12.5. The lowest BCUT2D eigenvalue weighted by Crippen LogP contribution is -2.44. The number of nitrogens with zero attached hydrogens (tertiary/aromatic N) is 1. The van der Waals surface area contributed by atoms with Gasteiger partial charge in [-0.1, -0.05) is 29.4 Å². The highest BCUT2D eigenvalue weighted by Crippen LogP contribution is 2.35. The summed E-state index contributed by atoms with van der Waals surface area (Å²) >= 11 is 0. The van der Waals surface area contributed by atoms with Crippen LogP contribution in [0.5, 0.6) is 17.2 Å². The van der Waals surface area contributed by atoms with Crippen LogP contribution in [-0.4, -0.2) is 29.4 Å². The Morgan fingerprint density at radius 1 is 1.03 bits per heavy atom. The molecule has 0 amide bonds. The molecular formula is C23H21NO6. The average molecular weight is 407 g/mol. The first-order valence-corrected chi connectivity index (χ1v) is 9.91. The second-order valence-corrected chi connectivity index (χ2v) is 7.55. The van der Waals surface area contributed by atoms with Gasteiger partial charge in [-0.15, -0.1) is 0 Å². The first-order chi connectivity index (χ1) is 14.6. The number of hydrogen-bond donors (Lipinski definition) is 0. The molecule has 0 radical (unpaired) electrons. The van der Waals surface area contributed by atoms with E-state index in [-0.39, 0.29) is 12.7 Å². The minimum absolute atomic E-state index is 0.0188. The molecule has 1 aromatic heterocycles. The summed E-state index contributed by atoms with van der Waals surface area (Å²) in [5.41, 5.74) is 2.56. The van der Waals surface area contributed by atoms with Gasteiger partial charge >= 0.3 is 5.97 Å². The van der Waals surface area contributed by atoms with E-state index in [4.69, 9.17) is 23.5 Å². The summed E-state index contributed by atoms with van der Waals surface area (Å²) < 4.78 is 28.1. The fourth-order valence-corrected chi connectivity index (χ4v) is 3.68. The van der Waals surface area contributed by atoms with Crippen LogP contribution in [0.1, 0.15) is 25.1 Å². The molecule has 7 nitrogen and oxygen atoms in total. The zero-order chi connectivity index (χ0) is 20.7. The number of aromatic nitrogens is 1. The highest BCUT2D eigenvalue weighted by molar-refractivity contribution is 5.76. The molecule has 3 atom stereocenters. The molecular weight excluding hydrogens is 386 g/mol. The molecule has 154 valence electrons. The fourth-order valence-electron chi connectivity index (χ4n) is 3.68. The van der Waals surface area contributed by atoms with Gasteiger partial charge in [-0.25, -0.2) is 4.79 Å². The van der Waals surface area contributed by atoms with Crippen LogP contribution in [0.3, 0.4) is 0 Å². The maximum atomic E-state index is 12.5. The summed E-state index contributed by atoms with van der Waals surface area (Å²) in [5, 5.41) is 4.01. The summed E-state index contributed by atoms with van der Waals surface area (Å²) in [6.07, 6.45) is -0.222. The van der Waals surface area contributed by atoms with Crippen LogP contribution in [0.2, 0.25) is 0 Å². The van der Waals surface area contributed by atoms with E-state index in [0.717, 1.165) is 17.7 Å². The molecule has 0 saturated heterocycles. The Hall–Kier alpha value is -3.48. The lowest BCUT2D eigenvalue weighted by molar-refractivity contribution is -0.159.